The fraction of sp³-hybridized carbons (Fsp3) is 0.600. The number of carboxylic acid groups (broad SMARTS) is 1. The van der Waals surface area contributed by atoms with Crippen molar-refractivity contribution in [1.82, 2.24) is 9.62 Å². The molecule has 0 radical (unpaired) electrons. The highest BCUT2D eigenvalue weighted by molar-refractivity contribution is 7.89. The summed E-state index contributed by atoms with van der Waals surface area (Å²) in [6.45, 7) is 1.91. The van der Waals surface area contributed by atoms with E-state index in [1.807, 2.05) is 0 Å². The van der Waals surface area contributed by atoms with Gasteiger partial charge in [-0.3, -0.25) is 4.79 Å². The van der Waals surface area contributed by atoms with Gasteiger partial charge in [0.1, 0.15) is 6.04 Å². The third kappa shape index (κ3) is 3.70. The zero-order chi connectivity index (χ0) is 18.0. The average molecular weight is 372 g/mol. The number of hydrogen-bond acceptors (Lipinski definition) is 6. The van der Waals surface area contributed by atoms with E-state index in [1.54, 1.807) is 0 Å². The van der Waals surface area contributed by atoms with Gasteiger partial charge in [0.05, 0.1) is 6.61 Å². The number of carbonyl (C=O) groups is 2. The van der Waals surface area contributed by atoms with Gasteiger partial charge in [0, 0.05) is 25.6 Å². The van der Waals surface area contributed by atoms with Crippen LogP contribution in [0, 0.1) is 5.92 Å². The van der Waals surface area contributed by atoms with Crippen molar-refractivity contribution in [2.24, 2.45) is 5.92 Å². The smallest absolute Gasteiger partial charge is 0.371 e. The predicted molar refractivity (Wildman–Crippen MR) is 84.5 cm³/mol. The van der Waals surface area contributed by atoms with E-state index in [0.717, 1.165) is 22.9 Å². The second-order valence-corrected chi connectivity index (χ2v) is 7.99. The predicted octanol–water partition coefficient (Wildman–Crippen LogP) is 0.284. The summed E-state index contributed by atoms with van der Waals surface area (Å²) in [6, 6.07) is 1.37. The van der Waals surface area contributed by atoms with Gasteiger partial charge in [-0.05, 0) is 31.4 Å². The molecule has 2 atom stereocenters. The Labute approximate surface area is 145 Å². The third-order valence-corrected chi connectivity index (χ3v) is 6.23. The molecule has 3 heterocycles. The molecule has 1 aromatic heterocycles. The number of amides is 1. The standard InChI is InChI=1S/C15H20N2O7S/c18-14(16-8-10-5-7-23-9-10)11-2-1-6-17(11)25(21,22)13-4-3-12(24-13)15(19)20/h3-4,10-11H,1-2,5-9H2,(H,16,18)(H,19,20). The molecule has 1 amide bonds. The molecular weight excluding hydrogens is 352 g/mol. The van der Waals surface area contributed by atoms with E-state index >= 15 is 0 Å². The van der Waals surface area contributed by atoms with Crippen LogP contribution in [0.1, 0.15) is 29.8 Å². The maximum Gasteiger partial charge on any atom is 0.371 e. The molecule has 2 aliphatic heterocycles. The summed E-state index contributed by atoms with van der Waals surface area (Å²) in [5.74, 6) is -1.91. The van der Waals surface area contributed by atoms with Gasteiger partial charge in [-0.2, -0.15) is 4.31 Å². The van der Waals surface area contributed by atoms with Gasteiger partial charge in [0.2, 0.25) is 16.8 Å². The number of rotatable bonds is 6. The van der Waals surface area contributed by atoms with Gasteiger partial charge >= 0.3 is 5.97 Å². The van der Waals surface area contributed by atoms with Gasteiger partial charge in [0.25, 0.3) is 10.0 Å². The van der Waals surface area contributed by atoms with Crippen molar-refractivity contribution in [1.29, 1.82) is 0 Å². The number of carbonyl (C=O) groups excluding carboxylic acids is 1. The van der Waals surface area contributed by atoms with Crippen molar-refractivity contribution >= 4 is 21.9 Å². The van der Waals surface area contributed by atoms with Crippen LogP contribution in [-0.4, -0.2) is 62.1 Å². The highest BCUT2D eigenvalue weighted by Crippen LogP contribution is 2.27. The van der Waals surface area contributed by atoms with Crippen LogP contribution >= 0.6 is 0 Å². The molecule has 2 aliphatic rings. The van der Waals surface area contributed by atoms with Crippen LogP contribution in [0.25, 0.3) is 0 Å². The summed E-state index contributed by atoms with van der Waals surface area (Å²) in [6.07, 6.45) is 1.84. The number of hydrogen-bond donors (Lipinski definition) is 2. The van der Waals surface area contributed by atoms with Crippen LogP contribution in [0.15, 0.2) is 21.6 Å². The molecule has 2 N–H and O–H groups in total. The van der Waals surface area contributed by atoms with Crippen molar-refractivity contribution < 1.29 is 32.3 Å². The van der Waals surface area contributed by atoms with Crippen LogP contribution in [-0.2, 0) is 19.6 Å². The summed E-state index contributed by atoms with van der Waals surface area (Å²) < 4.78 is 36.6. The van der Waals surface area contributed by atoms with Crippen LogP contribution < -0.4 is 5.32 Å². The molecule has 0 saturated carbocycles. The van der Waals surface area contributed by atoms with E-state index in [2.05, 4.69) is 5.32 Å². The molecule has 2 fully saturated rings. The summed E-state index contributed by atoms with van der Waals surface area (Å²) in [4.78, 5) is 23.3. The first-order valence-corrected chi connectivity index (χ1v) is 9.54. The Morgan fingerprint density at radius 2 is 2.12 bits per heavy atom. The lowest BCUT2D eigenvalue weighted by molar-refractivity contribution is -0.124. The molecule has 0 spiro atoms. The monoisotopic (exact) mass is 372 g/mol. The first-order valence-electron chi connectivity index (χ1n) is 8.10. The lowest BCUT2D eigenvalue weighted by atomic mass is 10.1. The molecule has 25 heavy (non-hydrogen) atoms. The molecule has 0 aromatic carbocycles. The Balaban J connectivity index is 1.70. The minimum Gasteiger partial charge on any atom is -0.475 e. The molecule has 2 unspecified atom stereocenters. The largest absolute Gasteiger partial charge is 0.475 e. The number of aromatic carboxylic acids is 1. The Bertz CT molecular complexity index is 752. The fourth-order valence-electron chi connectivity index (χ4n) is 3.09. The lowest BCUT2D eigenvalue weighted by Gasteiger charge is -2.22. The van der Waals surface area contributed by atoms with Crippen LogP contribution in [0.5, 0.6) is 0 Å². The minimum atomic E-state index is -4.07. The van der Waals surface area contributed by atoms with Crippen molar-refractivity contribution in [3.05, 3.63) is 17.9 Å². The number of furan rings is 1. The van der Waals surface area contributed by atoms with Crippen molar-refractivity contribution in [2.75, 3.05) is 26.3 Å². The van der Waals surface area contributed by atoms with Gasteiger partial charge in [0.15, 0.2) is 0 Å². The van der Waals surface area contributed by atoms with E-state index in [0.29, 0.717) is 32.6 Å². The van der Waals surface area contributed by atoms with Crippen LogP contribution in [0.2, 0.25) is 0 Å². The van der Waals surface area contributed by atoms with Gasteiger partial charge in [-0.25, -0.2) is 13.2 Å². The number of ether oxygens (including phenoxy) is 1. The molecule has 0 bridgehead atoms. The Kier molecular flexibility index (Phi) is 5.11. The SMILES string of the molecule is O=C(O)c1ccc(S(=O)(=O)N2CCCC2C(=O)NCC2CCOC2)o1. The zero-order valence-corrected chi connectivity index (χ0v) is 14.3. The van der Waals surface area contributed by atoms with Gasteiger partial charge < -0.3 is 19.6 Å². The van der Waals surface area contributed by atoms with Gasteiger partial charge in [-0.15, -0.1) is 0 Å². The van der Waals surface area contributed by atoms with Crippen LogP contribution in [0.4, 0.5) is 0 Å². The summed E-state index contributed by atoms with van der Waals surface area (Å²) in [5.41, 5.74) is 0. The molecule has 3 rings (SSSR count). The van der Waals surface area contributed by atoms with Gasteiger partial charge in [-0.1, -0.05) is 0 Å². The topological polar surface area (TPSA) is 126 Å². The quantitative estimate of drug-likeness (QED) is 0.734. The summed E-state index contributed by atoms with van der Waals surface area (Å²) in [5, 5.41) is 11.2. The highest BCUT2D eigenvalue weighted by Gasteiger charge is 2.41. The van der Waals surface area contributed by atoms with E-state index in [-0.39, 0.29) is 18.4 Å². The summed E-state index contributed by atoms with van der Waals surface area (Å²) >= 11 is 0. The molecule has 9 nitrogen and oxygen atoms in total. The highest BCUT2D eigenvalue weighted by atomic mass is 32.2. The van der Waals surface area contributed by atoms with E-state index in [4.69, 9.17) is 14.3 Å². The first-order chi connectivity index (χ1) is 11.9. The molecule has 10 heteroatoms. The van der Waals surface area contributed by atoms with Crippen molar-refractivity contribution in [3.8, 4) is 0 Å². The Morgan fingerprint density at radius 3 is 2.76 bits per heavy atom. The van der Waals surface area contributed by atoms with Crippen LogP contribution in [0.3, 0.4) is 0 Å². The van der Waals surface area contributed by atoms with E-state index < -0.39 is 32.9 Å². The van der Waals surface area contributed by atoms with Crippen molar-refractivity contribution in [3.63, 3.8) is 0 Å². The lowest BCUT2D eigenvalue weighted by Crippen LogP contribution is -2.46. The maximum absolute atomic E-state index is 12.7. The first kappa shape index (κ1) is 17.9. The molecule has 2 saturated heterocycles. The normalized spacial score (nSPS) is 24.5. The maximum atomic E-state index is 12.7. The summed E-state index contributed by atoms with van der Waals surface area (Å²) in [7, 11) is -4.07. The van der Waals surface area contributed by atoms with Crippen molar-refractivity contribution in [2.45, 2.75) is 30.4 Å². The molecular formula is C15H20N2O7S. The molecule has 1 aromatic rings. The Hall–Kier alpha value is -1.91. The minimum absolute atomic E-state index is 0.191. The number of nitrogens with zero attached hydrogens (tertiary/aromatic N) is 1. The van der Waals surface area contributed by atoms with E-state index in [1.165, 1.54) is 0 Å². The number of sulfonamides is 1. The average Bonchev–Trinajstić information content (AvgIpc) is 3.33. The third-order valence-electron chi connectivity index (χ3n) is 4.45. The fourth-order valence-corrected chi connectivity index (χ4v) is 4.66. The second-order valence-electron chi connectivity index (χ2n) is 6.17. The molecule has 0 aliphatic carbocycles. The number of nitrogens with one attached hydrogen (secondary N) is 1. The second kappa shape index (κ2) is 7.14. The zero-order valence-electron chi connectivity index (χ0n) is 13.5. The number of carboxylic acids is 1. The van der Waals surface area contributed by atoms with E-state index in [9.17, 15) is 18.0 Å². The Morgan fingerprint density at radius 1 is 1.32 bits per heavy atom. The molecule has 138 valence electrons.